The van der Waals surface area contributed by atoms with Crippen LogP contribution < -0.4 is 0 Å². The molecule has 2 saturated heterocycles. The molecule has 178 valence electrons. The molecule has 3 heterocycles. The molecule has 35 heavy (non-hydrogen) atoms. The lowest BCUT2D eigenvalue weighted by Gasteiger charge is -2.37. The van der Waals surface area contributed by atoms with Crippen LogP contribution in [-0.4, -0.2) is 52.8 Å². The second kappa shape index (κ2) is 9.42. The summed E-state index contributed by atoms with van der Waals surface area (Å²) < 4.78 is 1.24. The first-order valence-electron chi connectivity index (χ1n) is 12.6. The van der Waals surface area contributed by atoms with Crippen LogP contribution in [0.25, 0.3) is 21.0 Å². The Bertz CT molecular complexity index is 1340. The van der Waals surface area contributed by atoms with E-state index in [4.69, 9.17) is 4.98 Å². The third-order valence-electron chi connectivity index (χ3n) is 7.62. The molecule has 6 rings (SSSR count). The molecule has 2 aliphatic heterocycles. The Morgan fingerprint density at radius 3 is 2.26 bits per heavy atom. The fraction of sp³-hybridized carbons (Fsp3) is 0.345. The summed E-state index contributed by atoms with van der Waals surface area (Å²) in [5, 5.41) is 3.28. The van der Waals surface area contributed by atoms with E-state index in [1.807, 2.05) is 53.4 Å². The van der Waals surface area contributed by atoms with Crippen LogP contribution in [0.15, 0.2) is 66.7 Å². The van der Waals surface area contributed by atoms with Crippen LogP contribution in [-0.2, 0) is 4.79 Å². The highest BCUT2D eigenvalue weighted by atomic mass is 32.1. The van der Waals surface area contributed by atoms with Crippen LogP contribution in [0.3, 0.4) is 0 Å². The minimum atomic E-state index is 0.0190. The monoisotopic (exact) mass is 483 g/mol. The Morgan fingerprint density at radius 1 is 0.771 bits per heavy atom. The maximum Gasteiger partial charge on any atom is 0.254 e. The average molecular weight is 484 g/mol. The molecule has 0 saturated carbocycles. The van der Waals surface area contributed by atoms with Gasteiger partial charge in [-0.3, -0.25) is 9.59 Å². The van der Waals surface area contributed by atoms with Gasteiger partial charge in [0, 0.05) is 43.6 Å². The number of hydrogen-bond acceptors (Lipinski definition) is 4. The first kappa shape index (κ1) is 22.2. The van der Waals surface area contributed by atoms with Gasteiger partial charge in [0.15, 0.2) is 0 Å². The second-order valence-corrected chi connectivity index (χ2v) is 10.8. The number of carbonyl (C=O) groups excluding carboxylic acids is 2. The molecule has 6 heteroatoms. The van der Waals surface area contributed by atoms with Crippen molar-refractivity contribution in [3.8, 4) is 0 Å². The topological polar surface area (TPSA) is 53.5 Å². The molecule has 5 nitrogen and oxygen atoms in total. The number of carbonyl (C=O) groups is 2. The summed E-state index contributed by atoms with van der Waals surface area (Å²) >= 11 is 1.79. The number of thiazole rings is 1. The van der Waals surface area contributed by atoms with Crippen molar-refractivity contribution in [2.45, 2.75) is 31.6 Å². The zero-order chi connectivity index (χ0) is 23.8. The molecule has 0 N–H and O–H groups in total. The van der Waals surface area contributed by atoms with E-state index in [-0.39, 0.29) is 17.7 Å². The molecule has 0 atom stereocenters. The predicted molar refractivity (Wildman–Crippen MR) is 141 cm³/mol. The number of fused-ring (bicyclic) bond motifs is 2. The summed E-state index contributed by atoms with van der Waals surface area (Å²) in [6.07, 6.45) is 3.44. The van der Waals surface area contributed by atoms with Crippen molar-refractivity contribution in [2.75, 3.05) is 26.2 Å². The maximum absolute atomic E-state index is 13.3. The lowest BCUT2D eigenvalue weighted by molar-refractivity contribution is -0.138. The third kappa shape index (κ3) is 4.31. The first-order chi connectivity index (χ1) is 17.2. The van der Waals surface area contributed by atoms with Crippen LogP contribution in [0, 0.1) is 5.92 Å². The van der Waals surface area contributed by atoms with Gasteiger partial charge in [0.1, 0.15) is 0 Å². The molecule has 0 aliphatic carbocycles. The largest absolute Gasteiger partial charge is 0.342 e. The second-order valence-electron chi connectivity index (χ2n) is 9.71. The van der Waals surface area contributed by atoms with Crippen molar-refractivity contribution < 1.29 is 9.59 Å². The number of para-hydroxylation sites is 1. The first-order valence-corrected chi connectivity index (χ1v) is 13.4. The van der Waals surface area contributed by atoms with Gasteiger partial charge in [0.25, 0.3) is 5.91 Å². The SMILES string of the molecule is O=C(c1cccc2ccccc12)N1CCC(C(=O)N2CCC(c3nc4ccccc4s3)CC2)CC1. The van der Waals surface area contributed by atoms with Gasteiger partial charge < -0.3 is 9.80 Å². The van der Waals surface area contributed by atoms with Gasteiger partial charge in [0.2, 0.25) is 5.91 Å². The lowest BCUT2D eigenvalue weighted by atomic mass is 9.92. The van der Waals surface area contributed by atoms with Gasteiger partial charge in [-0.1, -0.05) is 48.5 Å². The van der Waals surface area contributed by atoms with Gasteiger partial charge in [-0.15, -0.1) is 11.3 Å². The number of likely N-dealkylation sites (tertiary alicyclic amines) is 2. The summed E-state index contributed by atoms with van der Waals surface area (Å²) in [4.78, 5) is 35.3. The smallest absolute Gasteiger partial charge is 0.254 e. The van der Waals surface area contributed by atoms with E-state index < -0.39 is 0 Å². The molecule has 3 aromatic carbocycles. The summed E-state index contributed by atoms with van der Waals surface area (Å²) in [6.45, 7) is 2.88. The molecule has 4 aromatic rings. The summed E-state index contributed by atoms with van der Waals surface area (Å²) in [6, 6.07) is 22.2. The normalized spacial score (nSPS) is 17.8. The Hall–Kier alpha value is -3.25. The molecule has 0 radical (unpaired) electrons. The highest BCUT2D eigenvalue weighted by Gasteiger charge is 2.33. The van der Waals surface area contributed by atoms with Gasteiger partial charge in [-0.25, -0.2) is 4.98 Å². The molecule has 2 fully saturated rings. The van der Waals surface area contributed by atoms with E-state index in [0.717, 1.165) is 60.6 Å². The Kier molecular flexibility index (Phi) is 5.98. The Morgan fingerprint density at radius 2 is 1.46 bits per heavy atom. The van der Waals surface area contributed by atoms with E-state index >= 15 is 0 Å². The van der Waals surface area contributed by atoms with Crippen molar-refractivity contribution in [2.24, 2.45) is 5.92 Å². The predicted octanol–water partition coefficient (Wildman–Crippen LogP) is 5.71. The third-order valence-corrected chi connectivity index (χ3v) is 8.82. The van der Waals surface area contributed by atoms with E-state index in [1.54, 1.807) is 11.3 Å². The van der Waals surface area contributed by atoms with E-state index in [0.29, 0.717) is 19.0 Å². The summed E-state index contributed by atoms with van der Waals surface area (Å²) in [5.74, 6) is 0.802. The van der Waals surface area contributed by atoms with E-state index in [1.165, 1.54) is 9.71 Å². The van der Waals surface area contributed by atoms with Crippen molar-refractivity contribution in [3.05, 3.63) is 77.3 Å². The van der Waals surface area contributed by atoms with Gasteiger partial charge in [-0.2, -0.15) is 0 Å². The van der Waals surface area contributed by atoms with Crippen molar-refractivity contribution >= 4 is 44.1 Å². The summed E-state index contributed by atoms with van der Waals surface area (Å²) in [7, 11) is 0. The standard InChI is InChI=1S/C29H29N3O2S/c33-28(31-16-12-21(13-17-31)27-30-25-10-3-4-11-26(25)35-27)22-14-18-32(19-15-22)29(34)24-9-5-7-20-6-1-2-8-23(20)24/h1-11,21-22H,12-19H2. The van der Waals surface area contributed by atoms with Crippen LogP contribution in [0.5, 0.6) is 0 Å². The Labute approximate surface area is 209 Å². The molecular weight excluding hydrogens is 454 g/mol. The van der Waals surface area contributed by atoms with E-state index in [2.05, 4.69) is 23.1 Å². The van der Waals surface area contributed by atoms with Crippen LogP contribution >= 0.6 is 11.3 Å². The molecule has 0 bridgehead atoms. The highest BCUT2D eigenvalue weighted by molar-refractivity contribution is 7.18. The number of aromatic nitrogens is 1. The Balaban J connectivity index is 1.05. The number of nitrogens with zero attached hydrogens (tertiary/aromatic N) is 3. The van der Waals surface area contributed by atoms with Crippen molar-refractivity contribution in [1.82, 2.24) is 14.8 Å². The highest BCUT2D eigenvalue weighted by Crippen LogP contribution is 2.34. The fourth-order valence-corrected chi connectivity index (χ4v) is 6.72. The van der Waals surface area contributed by atoms with E-state index in [9.17, 15) is 9.59 Å². The molecular formula is C29H29N3O2S. The minimum Gasteiger partial charge on any atom is -0.342 e. The number of piperidine rings is 2. The van der Waals surface area contributed by atoms with Gasteiger partial charge in [-0.05, 0) is 54.7 Å². The molecule has 2 aliphatic rings. The average Bonchev–Trinajstić information content (AvgIpc) is 3.37. The fourth-order valence-electron chi connectivity index (χ4n) is 5.58. The molecule has 1 aromatic heterocycles. The maximum atomic E-state index is 13.3. The summed E-state index contributed by atoms with van der Waals surface area (Å²) in [5.41, 5.74) is 1.83. The minimum absolute atomic E-state index is 0.0190. The zero-order valence-corrected chi connectivity index (χ0v) is 20.5. The zero-order valence-electron chi connectivity index (χ0n) is 19.7. The molecule has 0 unspecified atom stereocenters. The quantitative estimate of drug-likeness (QED) is 0.375. The van der Waals surface area contributed by atoms with Crippen LogP contribution in [0.1, 0.15) is 47.0 Å². The van der Waals surface area contributed by atoms with Crippen molar-refractivity contribution in [3.63, 3.8) is 0 Å². The van der Waals surface area contributed by atoms with Gasteiger partial charge >= 0.3 is 0 Å². The molecule has 0 spiro atoms. The lowest BCUT2D eigenvalue weighted by Crippen LogP contribution is -2.46. The van der Waals surface area contributed by atoms with Gasteiger partial charge in [0.05, 0.1) is 15.2 Å². The molecule has 2 amide bonds. The van der Waals surface area contributed by atoms with Crippen LogP contribution in [0.2, 0.25) is 0 Å². The number of amides is 2. The number of rotatable bonds is 3. The number of benzene rings is 3. The van der Waals surface area contributed by atoms with Crippen LogP contribution in [0.4, 0.5) is 0 Å². The van der Waals surface area contributed by atoms with Crippen molar-refractivity contribution in [1.29, 1.82) is 0 Å². The number of hydrogen-bond donors (Lipinski definition) is 0.